The highest BCUT2D eigenvalue weighted by atomic mass is 19.4. The van der Waals surface area contributed by atoms with Crippen molar-refractivity contribution >= 4 is 32.7 Å². The van der Waals surface area contributed by atoms with E-state index in [2.05, 4.69) is 0 Å². The summed E-state index contributed by atoms with van der Waals surface area (Å²) in [6, 6.07) is 13.6. The number of hydrogen-bond donors (Lipinski definition) is 0. The largest absolute Gasteiger partial charge is 0.456 e. The number of fused-ring (bicyclic) bond motifs is 4. The summed E-state index contributed by atoms with van der Waals surface area (Å²) in [6.07, 6.45) is -4.51. The van der Waals surface area contributed by atoms with Crippen molar-refractivity contribution in [3.05, 3.63) is 70.4 Å². The van der Waals surface area contributed by atoms with Crippen molar-refractivity contribution in [1.82, 2.24) is 0 Å². The van der Waals surface area contributed by atoms with Crippen LogP contribution in [0.2, 0.25) is 0 Å². The Labute approximate surface area is 127 Å². The summed E-state index contributed by atoms with van der Waals surface area (Å²) >= 11 is 0. The topological polar surface area (TPSA) is 30.2 Å². The van der Waals surface area contributed by atoms with Gasteiger partial charge < -0.3 is 4.42 Å². The summed E-state index contributed by atoms with van der Waals surface area (Å²) in [6.45, 7) is 0. The van der Waals surface area contributed by atoms with Crippen molar-refractivity contribution < 1.29 is 17.6 Å². The molecule has 0 radical (unpaired) electrons. The summed E-state index contributed by atoms with van der Waals surface area (Å²) in [4.78, 5) is 12.8. The van der Waals surface area contributed by atoms with Crippen LogP contribution in [-0.4, -0.2) is 0 Å². The molecule has 0 bridgehead atoms. The Bertz CT molecular complexity index is 1120. The maximum absolute atomic E-state index is 12.9. The average molecular weight is 314 g/mol. The smallest absolute Gasteiger partial charge is 0.416 e. The van der Waals surface area contributed by atoms with Gasteiger partial charge in [0.15, 0.2) is 0 Å². The van der Waals surface area contributed by atoms with Gasteiger partial charge in [-0.2, -0.15) is 13.2 Å². The van der Waals surface area contributed by atoms with Gasteiger partial charge in [-0.25, -0.2) is 0 Å². The van der Waals surface area contributed by atoms with Crippen molar-refractivity contribution in [1.29, 1.82) is 0 Å². The Kier molecular flexibility index (Phi) is 2.75. The highest BCUT2D eigenvalue weighted by molar-refractivity contribution is 6.08. The van der Waals surface area contributed by atoms with E-state index in [1.807, 2.05) is 18.2 Å². The molecule has 1 aromatic heterocycles. The molecule has 4 aromatic rings. The summed E-state index contributed by atoms with van der Waals surface area (Å²) in [7, 11) is 0. The quantitative estimate of drug-likeness (QED) is 0.333. The Hall–Kier alpha value is -2.82. The lowest BCUT2D eigenvalue weighted by atomic mass is 10.0. The minimum Gasteiger partial charge on any atom is -0.456 e. The fourth-order valence-electron chi connectivity index (χ4n) is 2.80. The van der Waals surface area contributed by atoms with Gasteiger partial charge in [0, 0.05) is 0 Å². The van der Waals surface area contributed by atoms with Crippen LogP contribution in [0.1, 0.15) is 5.56 Å². The first-order chi connectivity index (χ1) is 10.9. The van der Waals surface area contributed by atoms with E-state index >= 15 is 0 Å². The zero-order valence-electron chi connectivity index (χ0n) is 11.6. The molecule has 0 saturated heterocycles. The SMILES string of the molecule is O=c1c2cc(C(F)(F)F)ccc2oc2ccc3ccccc3c12. The van der Waals surface area contributed by atoms with Crippen molar-refractivity contribution in [2.75, 3.05) is 0 Å². The van der Waals surface area contributed by atoms with E-state index in [9.17, 15) is 18.0 Å². The zero-order chi connectivity index (χ0) is 16.2. The number of halogens is 3. The van der Waals surface area contributed by atoms with Crippen LogP contribution in [0.4, 0.5) is 13.2 Å². The van der Waals surface area contributed by atoms with Crippen LogP contribution < -0.4 is 5.43 Å². The highest BCUT2D eigenvalue weighted by Crippen LogP contribution is 2.32. The van der Waals surface area contributed by atoms with Gasteiger partial charge in [0.25, 0.3) is 0 Å². The van der Waals surface area contributed by atoms with Crippen LogP contribution >= 0.6 is 0 Å². The summed E-state index contributed by atoms with van der Waals surface area (Å²) < 4.78 is 44.3. The fraction of sp³-hybridized carbons (Fsp3) is 0.0556. The molecule has 3 aromatic carbocycles. The highest BCUT2D eigenvalue weighted by Gasteiger charge is 2.31. The van der Waals surface area contributed by atoms with Gasteiger partial charge in [0.05, 0.1) is 16.3 Å². The minimum atomic E-state index is -4.51. The van der Waals surface area contributed by atoms with Crippen LogP contribution in [-0.2, 0) is 6.18 Å². The molecule has 0 atom stereocenters. The number of alkyl halides is 3. The van der Waals surface area contributed by atoms with E-state index in [1.165, 1.54) is 6.07 Å². The minimum absolute atomic E-state index is 0.0660. The number of hydrogen-bond acceptors (Lipinski definition) is 2. The molecule has 0 aliphatic carbocycles. The van der Waals surface area contributed by atoms with Crippen LogP contribution in [0.25, 0.3) is 32.7 Å². The lowest BCUT2D eigenvalue weighted by Crippen LogP contribution is -2.08. The van der Waals surface area contributed by atoms with Crippen molar-refractivity contribution in [2.24, 2.45) is 0 Å². The first kappa shape index (κ1) is 13.8. The number of rotatable bonds is 0. The number of benzene rings is 3. The molecule has 0 aliphatic rings. The van der Waals surface area contributed by atoms with E-state index in [1.54, 1.807) is 18.2 Å². The summed E-state index contributed by atoms with van der Waals surface area (Å²) in [5.41, 5.74) is -0.812. The molecule has 23 heavy (non-hydrogen) atoms. The van der Waals surface area contributed by atoms with Crippen LogP contribution in [0.3, 0.4) is 0 Å². The maximum atomic E-state index is 12.9. The summed E-state index contributed by atoms with van der Waals surface area (Å²) in [5, 5.41) is 1.73. The molecule has 5 heteroatoms. The van der Waals surface area contributed by atoms with Crippen LogP contribution in [0, 0.1) is 0 Å². The van der Waals surface area contributed by atoms with E-state index in [4.69, 9.17) is 4.42 Å². The lowest BCUT2D eigenvalue weighted by Gasteiger charge is -2.08. The Morgan fingerprint density at radius 2 is 1.57 bits per heavy atom. The van der Waals surface area contributed by atoms with Gasteiger partial charge in [0.1, 0.15) is 11.2 Å². The molecular formula is C18H9F3O2. The van der Waals surface area contributed by atoms with Gasteiger partial charge in [-0.05, 0) is 35.0 Å². The van der Waals surface area contributed by atoms with Crippen LogP contribution in [0.15, 0.2) is 63.8 Å². The van der Waals surface area contributed by atoms with E-state index in [0.717, 1.165) is 17.5 Å². The normalized spacial score (nSPS) is 12.3. The Balaban J connectivity index is 2.20. The van der Waals surface area contributed by atoms with E-state index in [-0.39, 0.29) is 11.0 Å². The van der Waals surface area contributed by atoms with Gasteiger partial charge in [-0.3, -0.25) is 4.79 Å². The standard InChI is InChI=1S/C18H9F3O2/c19-18(20,21)11-6-8-14-13(9-11)17(22)16-12-4-2-1-3-10(12)5-7-15(16)23-14/h1-9H. The third-order valence-electron chi connectivity index (χ3n) is 3.89. The molecule has 0 N–H and O–H groups in total. The molecule has 1 heterocycles. The van der Waals surface area contributed by atoms with Crippen molar-refractivity contribution in [3.8, 4) is 0 Å². The molecular weight excluding hydrogens is 305 g/mol. The van der Waals surface area contributed by atoms with E-state index in [0.29, 0.717) is 16.4 Å². The predicted octanol–water partition coefficient (Wildman–Crippen LogP) is 5.12. The van der Waals surface area contributed by atoms with Gasteiger partial charge >= 0.3 is 6.18 Å². The van der Waals surface area contributed by atoms with Gasteiger partial charge in [0.2, 0.25) is 5.43 Å². The molecule has 0 aliphatic heterocycles. The second-order valence-corrected chi connectivity index (χ2v) is 5.30. The molecule has 4 rings (SSSR count). The molecule has 0 amide bonds. The Morgan fingerprint density at radius 1 is 0.826 bits per heavy atom. The second kappa shape index (κ2) is 4.59. The van der Waals surface area contributed by atoms with Gasteiger partial charge in [-0.15, -0.1) is 0 Å². The third-order valence-corrected chi connectivity index (χ3v) is 3.89. The Morgan fingerprint density at radius 3 is 2.35 bits per heavy atom. The lowest BCUT2D eigenvalue weighted by molar-refractivity contribution is -0.137. The monoisotopic (exact) mass is 314 g/mol. The first-order valence-corrected chi connectivity index (χ1v) is 6.91. The van der Waals surface area contributed by atoms with Gasteiger partial charge in [-0.1, -0.05) is 30.3 Å². The fourth-order valence-corrected chi connectivity index (χ4v) is 2.80. The first-order valence-electron chi connectivity index (χ1n) is 6.91. The molecule has 114 valence electrons. The third kappa shape index (κ3) is 2.08. The van der Waals surface area contributed by atoms with Crippen molar-refractivity contribution in [3.63, 3.8) is 0 Å². The molecule has 0 saturated carbocycles. The molecule has 0 unspecified atom stereocenters. The zero-order valence-corrected chi connectivity index (χ0v) is 11.6. The molecule has 0 spiro atoms. The maximum Gasteiger partial charge on any atom is 0.416 e. The van der Waals surface area contributed by atoms with Crippen molar-refractivity contribution in [2.45, 2.75) is 6.18 Å². The second-order valence-electron chi connectivity index (χ2n) is 5.30. The summed E-state index contributed by atoms with van der Waals surface area (Å²) in [5.74, 6) is 0. The average Bonchev–Trinajstić information content (AvgIpc) is 2.53. The molecule has 2 nitrogen and oxygen atoms in total. The predicted molar refractivity (Wildman–Crippen MR) is 82.5 cm³/mol. The molecule has 0 fully saturated rings. The van der Waals surface area contributed by atoms with Crippen LogP contribution in [0.5, 0.6) is 0 Å². The van der Waals surface area contributed by atoms with E-state index < -0.39 is 17.2 Å².